The smallest absolute Gasteiger partial charge is 0.130 e. The van der Waals surface area contributed by atoms with Crippen molar-refractivity contribution >= 4 is 22.6 Å². The Labute approximate surface area is 265 Å². The van der Waals surface area contributed by atoms with Gasteiger partial charge in [0.1, 0.15) is 11.5 Å². The maximum Gasteiger partial charge on any atom is 0.130 e. The Kier molecular flexibility index (Phi) is 6.88. The van der Waals surface area contributed by atoms with Crippen LogP contribution in [0.5, 0.6) is 5.75 Å². The number of nitrogens with zero attached hydrogens (tertiary/aromatic N) is 1. The molecule has 6 aromatic carbocycles. The van der Waals surface area contributed by atoms with Crippen LogP contribution in [0, 0.1) is 5.92 Å². The Morgan fingerprint density at radius 2 is 0.889 bits per heavy atom. The normalized spacial score (nSPS) is 16.6. The van der Waals surface area contributed by atoms with E-state index in [2.05, 4.69) is 176 Å². The highest BCUT2D eigenvalue weighted by molar-refractivity contribution is 5.81. The minimum Gasteiger partial charge on any atom is -0.461 e. The molecule has 2 aliphatic rings. The van der Waals surface area contributed by atoms with Gasteiger partial charge in [0.15, 0.2) is 0 Å². The van der Waals surface area contributed by atoms with Crippen LogP contribution >= 0.6 is 0 Å². The van der Waals surface area contributed by atoms with E-state index >= 15 is 0 Å². The standard InChI is InChI=1S/C43H33NO/c1-30-39(28-29-42-43(30)40-14-8-9-15-41(40)45-42)35-20-26-38(27-21-35)44(36-22-16-33(17-23-36)31-10-4-2-5-11-31)37-24-18-34(19-25-37)32-12-6-3-7-13-32/h2-30,43H,1H3. The molecule has 0 fully saturated rings. The van der Waals surface area contributed by atoms with Crippen molar-refractivity contribution in [1.29, 1.82) is 0 Å². The molecule has 0 aromatic heterocycles. The van der Waals surface area contributed by atoms with E-state index in [9.17, 15) is 0 Å². The number of para-hydroxylation sites is 1. The van der Waals surface area contributed by atoms with Gasteiger partial charge >= 0.3 is 0 Å². The molecule has 2 nitrogen and oxygen atoms in total. The van der Waals surface area contributed by atoms with Crippen LogP contribution in [0.3, 0.4) is 0 Å². The molecule has 8 rings (SSSR count). The highest BCUT2D eigenvalue weighted by atomic mass is 16.5. The van der Waals surface area contributed by atoms with Crippen LogP contribution in [-0.2, 0) is 0 Å². The molecule has 0 amide bonds. The fourth-order valence-corrected chi connectivity index (χ4v) is 6.81. The fraction of sp³-hybridized carbons (Fsp3) is 0.0698. The van der Waals surface area contributed by atoms with Gasteiger partial charge in [0.05, 0.1) is 5.92 Å². The Bertz CT molecular complexity index is 1920. The predicted molar refractivity (Wildman–Crippen MR) is 187 cm³/mol. The lowest BCUT2D eigenvalue weighted by molar-refractivity contribution is 0.407. The second-order valence-electron chi connectivity index (χ2n) is 11.8. The summed E-state index contributed by atoms with van der Waals surface area (Å²) in [5.41, 5.74) is 12.1. The van der Waals surface area contributed by atoms with Crippen molar-refractivity contribution < 1.29 is 4.74 Å². The summed E-state index contributed by atoms with van der Waals surface area (Å²) in [7, 11) is 0. The van der Waals surface area contributed by atoms with Crippen molar-refractivity contribution in [2.24, 2.45) is 5.92 Å². The molecule has 216 valence electrons. The first-order chi connectivity index (χ1) is 22.2. The average Bonchev–Trinajstić information content (AvgIpc) is 3.50. The van der Waals surface area contributed by atoms with Crippen molar-refractivity contribution in [3.63, 3.8) is 0 Å². The summed E-state index contributed by atoms with van der Waals surface area (Å²) in [4.78, 5) is 2.34. The predicted octanol–water partition coefficient (Wildman–Crippen LogP) is 11.6. The summed E-state index contributed by atoms with van der Waals surface area (Å²) in [6.07, 6.45) is 4.39. The van der Waals surface area contributed by atoms with E-state index in [-0.39, 0.29) is 5.92 Å². The first kappa shape index (κ1) is 27.0. The van der Waals surface area contributed by atoms with Crippen LogP contribution in [0.15, 0.2) is 176 Å². The number of allylic oxidation sites excluding steroid dienone is 4. The quantitative estimate of drug-likeness (QED) is 0.195. The van der Waals surface area contributed by atoms with Gasteiger partial charge in [0, 0.05) is 22.6 Å². The van der Waals surface area contributed by atoms with Gasteiger partial charge in [-0.25, -0.2) is 0 Å². The number of ether oxygens (including phenoxy) is 1. The molecule has 45 heavy (non-hydrogen) atoms. The Balaban J connectivity index is 1.14. The summed E-state index contributed by atoms with van der Waals surface area (Å²) in [6, 6.07) is 56.3. The van der Waals surface area contributed by atoms with E-state index in [0.29, 0.717) is 5.92 Å². The van der Waals surface area contributed by atoms with Gasteiger partial charge < -0.3 is 9.64 Å². The Morgan fingerprint density at radius 3 is 1.42 bits per heavy atom. The highest BCUT2D eigenvalue weighted by Crippen LogP contribution is 2.50. The highest BCUT2D eigenvalue weighted by Gasteiger charge is 2.37. The average molecular weight is 580 g/mol. The number of hydrogen-bond acceptors (Lipinski definition) is 2. The molecule has 1 aliphatic heterocycles. The van der Waals surface area contributed by atoms with Crippen LogP contribution in [0.4, 0.5) is 17.1 Å². The summed E-state index contributed by atoms with van der Waals surface area (Å²) < 4.78 is 6.20. The molecular formula is C43H33NO. The van der Waals surface area contributed by atoms with Crippen molar-refractivity contribution in [3.8, 4) is 28.0 Å². The van der Waals surface area contributed by atoms with Crippen molar-refractivity contribution in [3.05, 3.63) is 187 Å². The van der Waals surface area contributed by atoms with E-state index in [1.54, 1.807) is 0 Å². The third-order valence-electron chi connectivity index (χ3n) is 9.13. The van der Waals surface area contributed by atoms with E-state index in [0.717, 1.165) is 28.6 Å². The lowest BCUT2D eigenvalue weighted by Gasteiger charge is -2.28. The molecular weight excluding hydrogens is 546 g/mol. The van der Waals surface area contributed by atoms with Crippen molar-refractivity contribution in [2.45, 2.75) is 12.8 Å². The summed E-state index contributed by atoms with van der Waals surface area (Å²) >= 11 is 0. The molecule has 0 spiro atoms. The van der Waals surface area contributed by atoms with Gasteiger partial charge in [-0.1, -0.05) is 128 Å². The first-order valence-corrected chi connectivity index (χ1v) is 15.6. The number of fused-ring (bicyclic) bond motifs is 3. The fourth-order valence-electron chi connectivity index (χ4n) is 6.81. The van der Waals surface area contributed by atoms with Crippen LogP contribution in [0.25, 0.3) is 27.8 Å². The van der Waals surface area contributed by atoms with Crippen molar-refractivity contribution in [1.82, 2.24) is 0 Å². The lowest BCUT2D eigenvalue weighted by atomic mass is 9.77. The minimum absolute atomic E-state index is 0.253. The summed E-state index contributed by atoms with van der Waals surface area (Å²) in [5.74, 6) is 2.60. The molecule has 2 unspecified atom stereocenters. The van der Waals surface area contributed by atoms with E-state index in [1.807, 2.05) is 6.07 Å². The molecule has 2 atom stereocenters. The molecule has 0 bridgehead atoms. The van der Waals surface area contributed by atoms with Gasteiger partial charge in [-0.15, -0.1) is 0 Å². The molecule has 0 radical (unpaired) electrons. The zero-order valence-electron chi connectivity index (χ0n) is 25.2. The molecule has 0 N–H and O–H groups in total. The number of rotatable bonds is 6. The second kappa shape index (κ2) is 11.5. The Morgan fingerprint density at radius 1 is 0.444 bits per heavy atom. The van der Waals surface area contributed by atoms with Crippen LogP contribution in [-0.4, -0.2) is 0 Å². The maximum atomic E-state index is 6.20. The van der Waals surface area contributed by atoms with Gasteiger partial charge in [0.25, 0.3) is 0 Å². The maximum absolute atomic E-state index is 6.20. The van der Waals surface area contributed by atoms with Gasteiger partial charge in [-0.05, 0) is 87.8 Å². The van der Waals surface area contributed by atoms with E-state index in [4.69, 9.17) is 4.74 Å². The first-order valence-electron chi connectivity index (χ1n) is 15.6. The molecule has 6 aromatic rings. The van der Waals surface area contributed by atoms with Crippen LogP contribution in [0.1, 0.15) is 24.0 Å². The third kappa shape index (κ3) is 5.05. The largest absolute Gasteiger partial charge is 0.461 e. The van der Waals surface area contributed by atoms with Gasteiger partial charge in [0.2, 0.25) is 0 Å². The number of benzene rings is 6. The number of hydrogen-bond donors (Lipinski definition) is 0. The van der Waals surface area contributed by atoms with Crippen molar-refractivity contribution in [2.75, 3.05) is 4.90 Å². The lowest BCUT2D eigenvalue weighted by Crippen LogP contribution is -2.15. The monoisotopic (exact) mass is 579 g/mol. The van der Waals surface area contributed by atoms with Crippen LogP contribution < -0.4 is 9.64 Å². The van der Waals surface area contributed by atoms with Gasteiger partial charge in [-0.3, -0.25) is 0 Å². The number of anilines is 3. The zero-order valence-corrected chi connectivity index (χ0v) is 25.2. The second-order valence-corrected chi connectivity index (χ2v) is 11.8. The van der Waals surface area contributed by atoms with Gasteiger partial charge in [-0.2, -0.15) is 0 Å². The molecule has 2 heteroatoms. The summed E-state index contributed by atoms with van der Waals surface area (Å²) in [6.45, 7) is 2.32. The third-order valence-corrected chi connectivity index (χ3v) is 9.13. The molecule has 0 saturated carbocycles. The molecule has 1 heterocycles. The van der Waals surface area contributed by atoms with Crippen LogP contribution in [0.2, 0.25) is 0 Å². The van der Waals surface area contributed by atoms with E-state index in [1.165, 1.54) is 39.0 Å². The summed E-state index contributed by atoms with van der Waals surface area (Å²) in [5, 5.41) is 0. The Hall–Kier alpha value is -5.60. The zero-order chi connectivity index (χ0) is 30.2. The SMILES string of the molecule is CC1C(c2ccc(N(c3ccc(-c4ccccc4)cc3)c3ccc(-c4ccccc4)cc3)cc2)=CC=C2Oc3ccccc3C21. The minimum atomic E-state index is 0.253. The topological polar surface area (TPSA) is 12.5 Å². The van der Waals surface area contributed by atoms with E-state index < -0.39 is 0 Å². The molecule has 0 saturated heterocycles. The molecule has 1 aliphatic carbocycles.